The maximum absolute atomic E-state index is 12.8. The first-order valence-corrected chi connectivity index (χ1v) is 6.79. The van der Waals surface area contributed by atoms with Crippen LogP contribution in [0.25, 0.3) is 0 Å². The Labute approximate surface area is 122 Å². The summed E-state index contributed by atoms with van der Waals surface area (Å²) in [4.78, 5) is 23.2. The molecule has 1 aromatic carbocycles. The highest BCUT2D eigenvalue weighted by molar-refractivity contribution is 9.10. The molecule has 0 aliphatic heterocycles. The zero-order chi connectivity index (χ0) is 14.9. The highest BCUT2D eigenvalue weighted by Gasteiger charge is 2.61. The molecule has 1 aliphatic rings. The number of nitrogens with one attached hydrogen (secondary N) is 1. The summed E-state index contributed by atoms with van der Waals surface area (Å²) in [6.45, 7) is 1.90. The standard InChI is InChI=1S/C13H12BrF2NO3/c1-2-20-12(19)7-3-8(14)5-9(4-7)17-11(18)10-6-13(10,15)16/h3-5,10H,2,6H2,1H3,(H,17,18). The van der Waals surface area contributed by atoms with Crippen LogP contribution in [0.5, 0.6) is 0 Å². The number of ether oxygens (including phenoxy) is 1. The topological polar surface area (TPSA) is 55.4 Å². The molecule has 1 N–H and O–H groups in total. The Morgan fingerprint density at radius 1 is 1.45 bits per heavy atom. The zero-order valence-corrected chi connectivity index (χ0v) is 12.2. The summed E-state index contributed by atoms with van der Waals surface area (Å²) in [5, 5.41) is 2.38. The van der Waals surface area contributed by atoms with Crippen LogP contribution >= 0.6 is 15.9 Å². The van der Waals surface area contributed by atoms with Crippen LogP contribution in [0.4, 0.5) is 14.5 Å². The van der Waals surface area contributed by atoms with Crippen LogP contribution in [0.3, 0.4) is 0 Å². The quantitative estimate of drug-likeness (QED) is 0.850. The number of esters is 1. The maximum Gasteiger partial charge on any atom is 0.338 e. The monoisotopic (exact) mass is 347 g/mol. The van der Waals surface area contributed by atoms with E-state index in [4.69, 9.17) is 4.74 Å². The lowest BCUT2D eigenvalue weighted by molar-refractivity contribution is -0.119. The Kier molecular flexibility index (Phi) is 4.08. The third-order valence-corrected chi connectivity index (χ3v) is 3.28. The summed E-state index contributed by atoms with van der Waals surface area (Å²) in [6.07, 6.45) is -0.433. The molecule has 1 atom stereocenters. The van der Waals surface area contributed by atoms with Gasteiger partial charge in [-0.15, -0.1) is 0 Å². The average Bonchev–Trinajstić information content (AvgIpc) is 2.98. The molecule has 0 heterocycles. The molecule has 7 heteroatoms. The molecule has 2 rings (SSSR count). The van der Waals surface area contributed by atoms with Gasteiger partial charge in [-0.3, -0.25) is 4.79 Å². The van der Waals surface area contributed by atoms with E-state index in [9.17, 15) is 18.4 Å². The number of halogens is 3. The molecule has 1 aliphatic carbocycles. The van der Waals surface area contributed by atoms with Gasteiger partial charge < -0.3 is 10.1 Å². The van der Waals surface area contributed by atoms with E-state index in [1.165, 1.54) is 18.2 Å². The molecule has 0 radical (unpaired) electrons. The van der Waals surface area contributed by atoms with Crippen LogP contribution in [0.15, 0.2) is 22.7 Å². The van der Waals surface area contributed by atoms with Gasteiger partial charge in [0.05, 0.1) is 12.2 Å². The SMILES string of the molecule is CCOC(=O)c1cc(Br)cc(NC(=O)C2CC2(F)F)c1. The Hall–Kier alpha value is -1.50. The second-order valence-corrected chi connectivity index (χ2v) is 5.37. The predicted molar refractivity (Wildman–Crippen MR) is 71.8 cm³/mol. The van der Waals surface area contributed by atoms with Crippen LogP contribution in [0.2, 0.25) is 0 Å². The van der Waals surface area contributed by atoms with Crippen molar-refractivity contribution in [2.24, 2.45) is 5.92 Å². The second kappa shape index (κ2) is 5.47. The van der Waals surface area contributed by atoms with Crippen molar-refractivity contribution in [2.45, 2.75) is 19.3 Å². The van der Waals surface area contributed by atoms with Crippen molar-refractivity contribution in [1.82, 2.24) is 0 Å². The highest BCUT2D eigenvalue weighted by atomic mass is 79.9. The van der Waals surface area contributed by atoms with E-state index < -0.39 is 30.1 Å². The van der Waals surface area contributed by atoms with Crippen molar-refractivity contribution in [3.8, 4) is 0 Å². The van der Waals surface area contributed by atoms with Crippen LogP contribution in [0.1, 0.15) is 23.7 Å². The molecule has 108 valence electrons. The second-order valence-electron chi connectivity index (χ2n) is 4.46. The predicted octanol–water partition coefficient (Wildman–Crippen LogP) is 3.22. The fourth-order valence-electron chi connectivity index (χ4n) is 1.72. The lowest BCUT2D eigenvalue weighted by Crippen LogP contribution is -2.18. The van der Waals surface area contributed by atoms with Gasteiger partial charge in [0.15, 0.2) is 0 Å². The van der Waals surface area contributed by atoms with Gasteiger partial charge in [0.25, 0.3) is 5.92 Å². The Balaban J connectivity index is 2.12. The number of amides is 1. The van der Waals surface area contributed by atoms with Gasteiger partial charge in [-0.2, -0.15) is 0 Å². The molecule has 1 fully saturated rings. The number of anilines is 1. The first-order valence-electron chi connectivity index (χ1n) is 6.00. The minimum Gasteiger partial charge on any atom is -0.462 e. The van der Waals surface area contributed by atoms with Gasteiger partial charge in [0.2, 0.25) is 5.91 Å². The van der Waals surface area contributed by atoms with E-state index >= 15 is 0 Å². The van der Waals surface area contributed by atoms with Crippen molar-refractivity contribution in [1.29, 1.82) is 0 Å². The maximum atomic E-state index is 12.8. The van der Waals surface area contributed by atoms with Crippen molar-refractivity contribution >= 4 is 33.5 Å². The number of rotatable bonds is 4. The first-order chi connectivity index (χ1) is 9.33. The van der Waals surface area contributed by atoms with Crippen molar-refractivity contribution in [2.75, 3.05) is 11.9 Å². The van der Waals surface area contributed by atoms with Gasteiger partial charge in [-0.1, -0.05) is 15.9 Å². The molecule has 1 saturated carbocycles. The number of hydrogen-bond acceptors (Lipinski definition) is 3. The molecule has 1 amide bonds. The molecule has 0 saturated heterocycles. The zero-order valence-electron chi connectivity index (χ0n) is 10.6. The number of hydrogen-bond donors (Lipinski definition) is 1. The van der Waals surface area contributed by atoms with Crippen LogP contribution < -0.4 is 5.32 Å². The number of carbonyl (C=O) groups is 2. The van der Waals surface area contributed by atoms with E-state index in [0.29, 0.717) is 4.47 Å². The van der Waals surface area contributed by atoms with Gasteiger partial charge in [-0.25, -0.2) is 13.6 Å². The number of carbonyl (C=O) groups excluding carboxylic acids is 2. The molecule has 0 bridgehead atoms. The number of alkyl halides is 2. The number of benzene rings is 1. The fourth-order valence-corrected chi connectivity index (χ4v) is 2.21. The highest BCUT2D eigenvalue weighted by Crippen LogP contribution is 2.49. The van der Waals surface area contributed by atoms with E-state index in [1.807, 2.05) is 0 Å². The fraction of sp³-hybridized carbons (Fsp3) is 0.385. The van der Waals surface area contributed by atoms with Crippen LogP contribution in [-0.2, 0) is 9.53 Å². The van der Waals surface area contributed by atoms with Crippen LogP contribution in [0, 0.1) is 5.92 Å². The summed E-state index contributed by atoms with van der Waals surface area (Å²) < 4.78 is 31.0. The summed E-state index contributed by atoms with van der Waals surface area (Å²) in [7, 11) is 0. The molecule has 0 aromatic heterocycles. The Morgan fingerprint density at radius 3 is 2.65 bits per heavy atom. The van der Waals surface area contributed by atoms with E-state index in [0.717, 1.165) is 0 Å². The lowest BCUT2D eigenvalue weighted by atomic mass is 10.2. The third kappa shape index (κ3) is 3.33. The molecular weight excluding hydrogens is 336 g/mol. The van der Waals surface area contributed by atoms with Crippen molar-refractivity contribution in [3.05, 3.63) is 28.2 Å². The molecular formula is C13H12BrF2NO3. The van der Waals surface area contributed by atoms with E-state index in [-0.39, 0.29) is 17.9 Å². The lowest BCUT2D eigenvalue weighted by Gasteiger charge is -2.08. The van der Waals surface area contributed by atoms with Gasteiger partial charge in [0.1, 0.15) is 5.92 Å². The molecule has 20 heavy (non-hydrogen) atoms. The minimum atomic E-state index is -2.92. The largest absolute Gasteiger partial charge is 0.462 e. The normalized spacial score (nSPS) is 19.3. The third-order valence-electron chi connectivity index (χ3n) is 2.82. The van der Waals surface area contributed by atoms with Gasteiger partial charge in [-0.05, 0) is 25.1 Å². The average molecular weight is 348 g/mol. The molecule has 4 nitrogen and oxygen atoms in total. The van der Waals surface area contributed by atoms with Crippen molar-refractivity contribution < 1.29 is 23.1 Å². The summed E-state index contributed by atoms with van der Waals surface area (Å²) >= 11 is 3.19. The Bertz CT molecular complexity index is 563. The van der Waals surface area contributed by atoms with E-state index in [2.05, 4.69) is 21.2 Å². The van der Waals surface area contributed by atoms with Crippen LogP contribution in [-0.4, -0.2) is 24.4 Å². The van der Waals surface area contributed by atoms with Gasteiger partial charge in [0, 0.05) is 16.6 Å². The minimum absolute atomic E-state index is 0.224. The summed E-state index contributed by atoms with van der Waals surface area (Å²) in [5.41, 5.74) is 0.509. The van der Waals surface area contributed by atoms with E-state index in [1.54, 1.807) is 6.92 Å². The molecule has 0 spiro atoms. The smallest absolute Gasteiger partial charge is 0.338 e. The first kappa shape index (κ1) is 14.9. The summed E-state index contributed by atoms with van der Waals surface area (Å²) in [5.74, 6) is -5.49. The molecule has 1 aromatic rings. The van der Waals surface area contributed by atoms with Gasteiger partial charge >= 0.3 is 5.97 Å². The van der Waals surface area contributed by atoms with Crippen molar-refractivity contribution in [3.63, 3.8) is 0 Å². The Morgan fingerprint density at radius 2 is 2.10 bits per heavy atom. The molecule has 1 unspecified atom stereocenters. The summed E-state index contributed by atoms with van der Waals surface area (Å²) in [6, 6.07) is 4.45.